The quantitative estimate of drug-likeness (QED) is 0.817. The van der Waals surface area contributed by atoms with E-state index in [1.807, 2.05) is 6.07 Å². The molecule has 3 fully saturated rings. The van der Waals surface area contributed by atoms with Crippen molar-refractivity contribution in [3.63, 3.8) is 0 Å². The Balaban J connectivity index is 1.30. The van der Waals surface area contributed by atoms with Crippen LogP contribution >= 0.6 is 0 Å². The molecule has 4 heterocycles. The van der Waals surface area contributed by atoms with Gasteiger partial charge in [-0.3, -0.25) is 15.6 Å². The average molecular weight is 340 g/mol. The fraction of sp³-hybridized carbons (Fsp3) is 0.556. The number of hydrazine groups is 1. The second-order valence-corrected chi connectivity index (χ2v) is 7.59. The van der Waals surface area contributed by atoms with Crippen LogP contribution in [0.5, 0.6) is 0 Å². The molecule has 2 unspecified atom stereocenters. The molecule has 7 heteroatoms. The van der Waals surface area contributed by atoms with Crippen LogP contribution in [0.15, 0.2) is 24.3 Å². The SMILES string of the molecule is Cn1c(N2CC3CN(C(=O)C4CNNC4)CC3C2)nc2ccccc21. The van der Waals surface area contributed by atoms with E-state index in [1.54, 1.807) is 0 Å². The van der Waals surface area contributed by atoms with E-state index in [-0.39, 0.29) is 5.92 Å². The van der Waals surface area contributed by atoms with Crippen molar-refractivity contribution in [3.05, 3.63) is 24.3 Å². The van der Waals surface area contributed by atoms with Gasteiger partial charge in [-0.25, -0.2) is 4.98 Å². The summed E-state index contributed by atoms with van der Waals surface area (Å²) in [7, 11) is 2.09. The van der Waals surface area contributed by atoms with E-state index in [2.05, 4.69) is 50.5 Å². The lowest BCUT2D eigenvalue weighted by molar-refractivity contribution is -0.133. The first-order chi connectivity index (χ1) is 12.2. The van der Waals surface area contributed by atoms with E-state index in [0.717, 1.165) is 50.7 Å². The Morgan fingerprint density at radius 2 is 1.76 bits per heavy atom. The van der Waals surface area contributed by atoms with Gasteiger partial charge in [0, 0.05) is 58.2 Å². The van der Waals surface area contributed by atoms with E-state index in [0.29, 0.717) is 17.7 Å². The van der Waals surface area contributed by atoms with Gasteiger partial charge in [-0.05, 0) is 12.1 Å². The van der Waals surface area contributed by atoms with Crippen LogP contribution in [0.25, 0.3) is 11.0 Å². The first kappa shape index (κ1) is 15.2. The number of aryl methyl sites for hydroxylation is 1. The van der Waals surface area contributed by atoms with Crippen LogP contribution in [0.2, 0.25) is 0 Å². The molecule has 3 aliphatic heterocycles. The van der Waals surface area contributed by atoms with Crippen molar-refractivity contribution in [2.24, 2.45) is 24.8 Å². The number of nitrogens with zero attached hydrogens (tertiary/aromatic N) is 4. The maximum Gasteiger partial charge on any atom is 0.228 e. The predicted octanol–water partition coefficient (Wildman–Crippen LogP) is 0.192. The number of anilines is 1. The highest BCUT2D eigenvalue weighted by atomic mass is 16.2. The summed E-state index contributed by atoms with van der Waals surface area (Å²) in [6.07, 6.45) is 0. The van der Waals surface area contributed by atoms with E-state index in [1.165, 1.54) is 5.52 Å². The summed E-state index contributed by atoms with van der Waals surface area (Å²) in [6.45, 7) is 5.26. The zero-order valence-electron chi connectivity index (χ0n) is 14.5. The molecule has 2 atom stereocenters. The lowest BCUT2D eigenvalue weighted by atomic mass is 10.0. The molecule has 0 aliphatic carbocycles. The van der Waals surface area contributed by atoms with E-state index in [4.69, 9.17) is 4.98 Å². The van der Waals surface area contributed by atoms with Gasteiger partial charge in [0.15, 0.2) is 0 Å². The average Bonchev–Trinajstić information content (AvgIpc) is 3.37. The second-order valence-electron chi connectivity index (χ2n) is 7.59. The Bertz CT molecular complexity index is 797. The highest BCUT2D eigenvalue weighted by Crippen LogP contribution is 2.35. The fourth-order valence-corrected chi connectivity index (χ4v) is 4.65. The van der Waals surface area contributed by atoms with Crippen molar-refractivity contribution in [2.45, 2.75) is 0 Å². The van der Waals surface area contributed by atoms with Gasteiger partial charge in [-0.1, -0.05) is 12.1 Å². The summed E-state index contributed by atoms with van der Waals surface area (Å²) >= 11 is 0. The molecule has 1 aromatic heterocycles. The Morgan fingerprint density at radius 3 is 2.44 bits per heavy atom. The van der Waals surface area contributed by atoms with Gasteiger partial charge in [-0.15, -0.1) is 0 Å². The molecular formula is C18H24N6O. The number of carbonyl (C=O) groups excluding carboxylic acids is 1. The van der Waals surface area contributed by atoms with Crippen molar-refractivity contribution in [2.75, 3.05) is 44.2 Å². The normalized spacial score (nSPS) is 26.8. The topological polar surface area (TPSA) is 65.4 Å². The number of rotatable bonds is 2. The first-order valence-corrected chi connectivity index (χ1v) is 9.11. The standard InChI is InChI=1S/C18H24N6O/c1-22-16-5-3-2-4-15(16)21-18(22)24-10-13-8-23(9-14(13)11-24)17(25)12-6-19-20-7-12/h2-5,12-14,19-20H,6-11H2,1H3. The maximum atomic E-state index is 12.6. The Kier molecular flexibility index (Phi) is 3.46. The van der Waals surface area contributed by atoms with Crippen LogP contribution in [0, 0.1) is 17.8 Å². The van der Waals surface area contributed by atoms with Crippen molar-refractivity contribution < 1.29 is 4.79 Å². The van der Waals surface area contributed by atoms with Gasteiger partial charge in [0.1, 0.15) is 0 Å². The third kappa shape index (κ3) is 2.41. The van der Waals surface area contributed by atoms with Gasteiger partial charge in [0.2, 0.25) is 11.9 Å². The number of amides is 1. The number of imidazole rings is 1. The Labute approximate surface area is 146 Å². The number of para-hydroxylation sites is 2. The van der Waals surface area contributed by atoms with Crippen LogP contribution in [0.1, 0.15) is 0 Å². The third-order valence-corrected chi connectivity index (χ3v) is 6.02. The molecule has 2 aromatic rings. The predicted molar refractivity (Wildman–Crippen MR) is 96.0 cm³/mol. The van der Waals surface area contributed by atoms with Crippen molar-refractivity contribution in [1.29, 1.82) is 0 Å². The van der Waals surface area contributed by atoms with Gasteiger partial charge < -0.3 is 14.4 Å². The molecule has 0 spiro atoms. The molecule has 5 rings (SSSR count). The lowest BCUT2D eigenvalue weighted by Gasteiger charge is -2.24. The summed E-state index contributed by atoms with van der Waals surface area (Å²) in [5.41, 5.74) is 8.34. The molecule has 0 radical (unpaired) electrons. The summed E-state index contributed by atoms with van der Waals surface area (Å²) in [5.74, 6) is 2.57. The number of benzene rings is 1. The van der Waals surface area contributed by atoms with E-state index < -0.39 is 0 Å². The first-order valence-electron chi connectivity index (χ1n) is 9.11. The second kappa shape index (κ2) is 5.71. The highest BCUT2D eigenvalue weighted by molar-refractivity contribution is 5.80. The van der Waals surface area contributed by atoms with E-state index in [9.17, 15) is 4.79 Å². The number of likely N-dealkylation sites (tertiary alicyclic amines) is 1. The number of aromatic nitrogens is 2. The molecule has 3 saturated heterocycles. The molecule has 3 aliphatic rings. The summed E-state index contributed by atoms with van der Waals surface area (Å²) in [6, 6.07) is 8.28. The minimum atomic E-state index is 0.0924. The van der Waals surface area contributed by atoms with Gasteiger partial charge in [0.05, 0.1) is 17.0 Å². The monoisotopic (exact) mass is 340 g/mol. The molecule has 7 nitrogen and oxygen atoms in total. The Morgan fingerprint density at radius 1 is 1.08 bits per heavy atom. The third-order valence-electron chi connectivity index (χ3n) is 6.02. The van der Waals surface area contributed by atoms with Gasteiger partial charge in [-0.2, -0.15) is 0 Å². The minimum absolute atomic E-state index is 0.0924. The van der Waals surface area contributed by atoms with Crippen LogP contribution in [-0.2, 0) is 11.8 Å². The van der Waals surface area contributed by atoms with Crippen LogP contribution in [-0.4, -0.2) is 59.6 Å². The largest absolute Gasteiger partial charge is 0.342 e. The van der Waals surface area contributed by atoms with Crippen molar-refractivity contribution in [1.82, 2.24) is 25.3 Å². The van der Waals surface area contributed by atoms with Crippen LogP contribution in [0.3, 0.4) is 0 Å². The maximum absolute atomic E-state index is 12.6. The molecule has 25 heavy (non-hydrogen) atoms. The summed E-state index contributed by atoms with van der Waals surface area (Å²) in [4.78, 5) is 21.9. The number of carbonyl (C=O) groups is 1. The number of nitrogens with one attached hydrogen (secondary N) is 2. The zero-order chi connectivity index (χ0) is 17.0. The minimum Gasteiger partial charge on any atom is -0.342 e. The lowest BCUT2D eigenvalue weighted by Crippen LogP contribution is -2.39. The zero-order valence-corrected chi connectivity index (χ0v) is 14.5. The van der Waals surface area contributed by atoms with Crippen LogP contribution in [0.4, 0.5) is 5.95 Å². The molecule has 0 saturated carbocycles. The highest BCUT2D eigenvalue weighted by Gasteiger charge is 2.44. The van der Waals surface area contributed by atoms with E-state index >= 15 is 0 Å². The fourth-order valence-electron chi connectivity index (χ4n) is 4.65. The number of hydrogen-bond donors (Lipinski definition) is 2. The van der Waals surface area contributed by atoms with Crippen molar-refractivity contribution in [3.8, 4) is 0 Å². The number of hydrogen-bond acceptors (Lipinski definition) is 5. The molecule has 1 aromatic carbocycles. The molecule has 2 N–H and O–H groups in total. The summed E-state index contributed by atoms with van der Waals surface area (Å²) < 4.78 is 2.19. The van der Waals surface area contributed by atoms with Crippen molar-refractivity contribution >= 4 is 22.9 Å². The van der Waals surface area contributed by atoms with Crippen LogP contribution < -0.4 is 15.8 Å². The molecule has 132 valence electrons. The molecule has 0 bridgehead atoms. The van der Waals surface area contributed by atoms with Gasteiger partial charge in [0.25, 0.3) is 0 Å². The number of fused-ring (bicyclic) bond motifs is 2. The molecular weight excluding hydrogens is 316 g/mol. The molecule has 1 amide bonds. The summed E-state index contributed by atoms with van der Waals surface area (Å²) in [5, 5.41) is 0. The Hall–Kier alpha value is -2.12. The van der Waals surface area contributed by atoms with Gasteiger partial charge >= 0.3 is 0 Å². The smallest absolute Gasteiger partial charge is 0.228 e.